The minimum atomic E-state index is 0.819. The Morgan fingerprint density at radius 3 is 3.10 bits per heavy atom. The second kappa shape index (κ2) is 3.30. The molecule has 0 saturated heterocycles. The van der Waals surface area contributed by atoms with Crippen LogP contribution in [0.15, 0.2) is 23.6 Å². The summed E-state index contributed by atoms with van der Waals surface area (Å²) >= 11 is 0. The van der Waals surface area contributed by atoms with E-state index in [0.717, 1.165) is 18.7 Å². The number of hydrogen-bond acceptors (Lipinski definition) is 2. The molecule has 2 nitrogen and oxygen atoms in total. The van der Waals surface area contributed by atoms with Crippen LogP contribution in [-0.2, 0) is 4.74 Å². The maximum atomic E-state index is 5.08. The summed E-state index contributed by atoms with van der Waals surface area (Å²) in [6, 6.07) is 0. The number of nitrogens with one attached hydrogen (secondary N) is 1. The van der Waals surface area contributed by atoms with E-state index in [4.69, 9.17) is 4.74 Å². The molecule has 0 radical (unpaired) electrons. The van der Waals surface area contributed by atoms with Crippen LogP contribution in [0, 0.1) is 0 Å². The van der Waals surface area contributed by atoms with Crippen LogP contribution in [0.4, 0.5) is 0 Å². The lowest BCUT2D eigenvalue weighted by atomic mass is 10.1. The van der Waals surface area contributed by atoms with Gasteiger partial charge in [0.25, 0.3) is 0 Å². The fraction of sp³-hybridized carbons (Fsp3) is 0.500. The Labute approximate surface area is 61.6 Å². The molecule has 0 aromatic rings. The van der Waals surface area contributed by atoms with E-state index in [1.165, 1.54) is 5.57 Å². The van der Waals surface area contributed by atoms with Crippen LogP contribution >= 0.6 is 0 Å². The van der Waals surface area contributed by atoms with Crippen molar-refractivity contribution in [2.45, 2.75) is 13.3 Å². The minimum absolute atomic E-state index is 0.819. The molecule has 0 saturated carbocycles. The van der Waals surface area contributed by atoms with E-state index in [9.17, 15) is 0 Å². The van der Waals surface area contributed by atoms with E-state index in [0.29, 0.717) is 0 Å². The van der Waals surface area contributed by atoms with Crippen molar-refractivity contribution in [3.8, 4) is 0 Å². The molecule has 0 unspecified atom stereocenters. The summed E-state index contributed by atoms with van der Waals surface area (Å²) in [6.07, 6.45) is 5.17. The molecular weight excluding hydrogens is 126 g/mol. The smallest absolute Gasteiger partial charge is 0.115 e. The molecule has 0 aliphatic carbocycles. The third-order valence-corrected chi connectivity index (χ3v) is 1.58. The van der Waals surface area contributed by atoms with E-state index < -0.39 is 0 Å². The predicted octanol–water partition coefficient (Wildman–Crippen LogP) is 1.41. The fourth-order valence-electron chi connectivity index (χ4n) is 0.917. The fourth-order valence-corrected chi connectivity index (χ4v) is 0.917. The SMILES string of the molecule is CCC1=CNCC(OC)=C1. The highest BCUT2D eigenvalue weighted by atomic mass is 16.5. The van der Waals surface area contributed by atoms with Gasteiger partial charge in [0.1, 0.15) is 5.76 Å². The number of allylic oxidation sites excluding steroid dienone is 2. The predicted molar refractivity (Wildman–Crippen MR) is 41.5 cm³/mol. The van der Waals surface area contributed by atoms with E-state index in [1.807, 2.05) is 6.20 Å². The van der Waals surface area contributed by atoms with Crippen molar-refractivity contribution in [2.75, 3.05) is 13.7 Å². The quantitative estimate of drug-likeness (QED) is 0.624. The lowest BCUT2D eigenvalue weighted by Crippen LogP contribution is -2.15. The van der Waals surface area contributed by atoms with Gasteiger partial charge < -0.3 is 10.1 Å². The second-order valence-electron chi connectivity index (χ2n) is 2.27. The van der Waals surface area contributed by atoms with Gasteiger partial charge in [0, 0.05) is 6.20 Å². The third kappa shape index (κ3) is 1.53. The van der Waals surface area contributed by atoms with Crippen molar-refractivity contribution in [1.29, 1.82) is 0 Å². The van der Waals surface area contributed by atoms with E-state index in [1.54, 1.807) is 7.11 Å². The average molecular weight is 139 g/mol. The van der Waals surface area contributed by atoms with Crippen LogP contribution in [0.2, 0.25) is 0 Å². The highest BCUT2D eigenvalue weighted by Gasteiger charge is 2.01. The van der Waals surface area contributed by atoms with Crippen molar-refractivity contribution in [3.63, 3.8) is 0 Å². The van der Waals surface area contributed by atoms with Gasteiger partial charge in [0.05, 0.1) is 13.7 Å². The summed E-state index contributed by atoms with van der Waals surface area (Å²) in [4.78, 5) is 0. The van der Waals surface area contributed by atoms with Crippen molar-refractivity contribution in [3.05, 3.63) is 23.6 Å². The Bertz CT molecular complexity index is 170. The van der Waals surface area contributed by atoms with Crippen molar-refractivity contribution < 1.29 is 4.74 Å². The Kier molecular flexibility index (Phi) is 2.37. The van der Waals surface area contributed by atoms with Crippen molar-refractivity contribution in [1.82, 2.24) is 5.32 Å². The zero-order chi connectivity index (χ0) is 7.40. The van der Waals surface area contributed by atoms with Gasteiger partial charge in [-0.3, -0.25) is 0 Å². The lowest BCUT2D eigenvalue weighted by Gasteiger charge is -2.12. The van der Waals surface area contributed by atoms with Gasteiger partial charge in [-0.05, 0) is 18.1 Å². The lowest BCUT2D eigenvalue weighted by molar-refractivity contribution is 0.280. The molecule has 0 bridgehead atoms. The number of hydrogen-bond donors (Lipinski definition) is 1. The largest absolute Gasteiger partial charge is 0.499 e. The first-order chi connectivity index (χ1) is 4.86. The second-order valence-corrected chi connectivity index (χ2v) is 2.27. The molecule has 1 N–H and O–H groups in total. The Morgan fingerprint density at radius 1 is 1.70 bits per heavy atom. The molecule has 1 rings (SSSR count). The van der Waals surface area contributed by atoms with Crippen LogP contribution in [0.1, 0.15) is 13.3 Å². The summed E-state index contributed by atoms with van der Waals surface area (Å²) in [5.74, 6) is 1.01. The molecule has 1 aliphatic heterocycles. The Morgan fingerprint density at radius 2 is 2.50 bits per heavy atom. The summed E-state index contributed by atoms with van der Waals surface area (Å²) in [7, 11) is 1.70. The van der Waals surface area contributed by atoms with Gasteiger partial charge in [-0.1, -0.05) is 6.92 Å². The van der Waals surface area contributed by atoms with Gasteiger partial charge in [0.15, 0.2) is 0 Å². The number of methoxy groups -OCH3 is 1. The van der Waals surface area contributed by atoms with E-state index >= 15 is 0 Å². The highest BCUT2D eigenvalue weighted by molar-refractivity contribution is 5.24. The third-order valence-electron chi connectivity index (χ3n) is 1.58. The first-order valence-electron chi connectivity index (χ1n) is 3.53. The van der Waals surface area contributed by atoms with Gasteiger partial charge in [0.2, 0.25) is 0 Å². The zero-order valence-electron chi connectivity index (χ0n) is 6.48. The molecule has 10 heavy (non-hydrogen) atoms. The molecule has 0 aromatic carbocycles. The van der Waals surface area contributed by atoms with Crippen molar-refractivity contribution in [2.24, 2.45) is 0 Å². The number of ether oxygens (including phenoxy) is 1. The Hall–Kier alpha value is -0.920. The first kappa shape index (κ1) is 7.19. The van der Waals surface area contributed by atoms with Crippen molar-refractivity contribution >= 4 is 0 Å². The molecule has 0 spiro atoms. The van der Waals surface area contributed by atoms with Crippen LogP contribution < -0.4 is 5.32 Å². The molecule has 0 fully saturated rings. The minimum Gasteiger partial charge on any atom is -0.499 e. The molecule has 0 atom stereocenters. The molecule has 0 amide bonds. The van der Waals surface area contributed by atoms with Crippen LogP contribution in [0.25, 0.3) is 0 Å². The van der Waals surface area contributed by atoms with Crippen LogP contribution in [0.3, 0.4) is 0 Å². The molecule has 1 heterocycles. The van der Waals surface area contributed by atoms with E-state index in [2.05, 4.69) is 18.3 Å². The zero-order valence-corrected chi connectivity index (χ0v) is 6.48. The summed E-state index contributed by atoms with van der Waals surface area (Å²) in [6.45, 7) is 2.95. The van der Waals surface area contributed by atoms with E-state index in [-0.39, 0.29) is 0 Å². The van der Waals surface area contributed by atoms with Gasteiger partial charge in [-0.2, -0.15) is 0 Å². The highest BCUT2D eigenvalue weighted by Crippen LogP contribution is 2.09. The number of rotatable bonds is 2. The average Bonchev–Trinajstić information content (AvgIpc) is 2.05. The maximum Gasteiger partial charge on any atom is 0.115 e. The summed E-state index contributed by atoms with van der Waals surface area (Å²) < 4.78 is 5.08. The standard InChI is InChI=1S/C8H13NO/c1-3-7-4-8(10-2)6-9-5-7/h4-5,9H,3,6H2,1-2H3. The maximum absolute atomic E-state index is 5.08. The molecule has 56 valence electrons. The first-order valence-corrected chi connectivity index (χ1v) is 3.53. The Balaban J connectivity index is 2.61. The van der Waals surface area contributed by atoms with Gasteiger partial charge >= 0.3 is 0 Å². The van der Waals surface area contributed by atoms with Gasteiger partial charge in [-0.25, -0.2) is 0 Å². The molecule has 1 aliphatic rings. The van der Waals surface area contributed by atoms with Gasteiger partial charge in [-0.15, -0.1) is 0 Å². The molecule has 0 aromatic heterocycles. The van der Waals surface area contributed by atoms with Crippen LogP contribution in [0.5, 0.6) is 0 Å². The van der Waals surface area contributed by atoms with Crippen LogP contribution in [-0.4, -0.2) is 13.7 Å². The monoisotopic (exact) mass is 139 g/mol. The summed E-state index contributed by atoms with van der Waals surface area (Å²) in [5, 5.41) is 3.13. The topological polar surface area (TPSA) is 21.3 Å². The summed E-state index contributed by atoms with van der Waals surface area (Å²) in [5.41, 5.74) is 1.29. The number of dihydropyridines is 1. The normalized spacial score (nSPS) is 17.0. The molecular formula is C8H13NO. The molecule has 2 heteroatoms.